The first-order chi connectivity index (χ1) is 11.2. The van der Waals surface area contributed by atoms with E-state index in [0.717, 1.165) is 17.5 Å². The highest BCUT2D eigenvalue weighted by molar-refractivity contribution is 6.35. The summed E-state index contributed by atoms with van der Waals surface area (Å²) in [7, 11) is 0. The van der Waals surface area contributed by atoms with Crippen molar-refractivity contribution in [3.63, 3.8) is 0 Å². The van der Waals surface area contributed by atoms with E-state index in [1.807, 2.05) is 31.7 Å². The Hall–Kier alpha value is -0.810. The first-order valence-corrected chi connectivity index (χ1v) is 9.13. The van der Waals surface area contributed by atoms with Gasteiger partial charge in [0.1, 0.15) is 5.54 Å². The number of carbonyl (C=O) groups excluding carboxylic acids is 1. The van der Waals surface area contributed by atoms with Gasteiger partial charge in [0.15, 0.2) is 0 Å². The molecule has 1 aliphatic carbocycles. The number of amides is 1. The van der Waals surface area contributed by atoms with Crippen LogP contribution in [0.15, 0.2) is 12.1 Å². The second kappa shape index (κ2) is 6.17. The first kappa shape index (κ1) is 18.0. The number of ether oxygens (including phenoxy) is 1. The van der Waals surface area contributed by atoms with Crippen molar-refractivity contribution in [2.45, 2.75) is 51.8 Å². The monoisotopic (exact) mass is 370 g/mol. The average Bonchev–Trinajstić information content (AvgIpc) is 2.53. The normalized spacial score (nSPS) is 28.2. The van der Waals surface area contributed by atoms with Gasteiger partial charge in [-0.3, -0.25) is 4.79 Å². The summed E-state index contributed by atoms with van der Waals surface area (Å²) < 4.78 is 5.73. The summed E-state index contributed by atoms with van der Waals surface area (Å²) in [4.78, 5) is 15.0. The molecule has 1 saturated carbocycles. The van der Waals surface area contributed by atoms with E-state index in [-0.39, 0.29) is 17.4 Å². The molecule has 1 aromatic rings. The molecule has 2 N–H and O–H groups in total. The van der Waals surface area contributed by atoms with Crippen molar-refractivity contribution in [3.05, 3.63) is 33.3 Å². The maximum Gasteiger partial charge on any atom is 0.243 e. The van der Waals surface area contributed by atoms with Gasteiger partial charge in [0.05, 0.1) is 6.10 Å². The molecular weight excluding hydrogens is 347 g/mol. The Balaban J connectivity index is 1.80. The molecule has 2 atom stereocenters. The molecule has 1 aromatic carbocycles. The van der Waals surface area contributed by atoms with E-state index in [2.05, 4.69) is 0 Å². The average molecular weight is 371 g/mol. The smallest absolute Gasteiger partial charge is 0.243 e. The molecule has 0 bridgehead atoms. The summed E-state index contributed by atoms with van der Waals surface area (Å²) in [5.41, 5.74) is 7.35. The fourth-order valence-electron chi connectivity index (χ4n) is 3.84. The Morgan fingerprint density at radius 3 is 2.75 bits per heavy atom. The minimum absolute atomic E-state index is 0.0138. The highest BCUT2D eigenvalue weighted by atomic mass is 35.5. The topological polar surface area (TPSA) is 55.6 Å². The second-order valence-corrected chi connectivity index (χ2v) is 8.19. The van der Waals surface area contributed by atoms with Gasteiger partial charge >= 0.3 is 0 Å². The Bertz CT molecular complexity index is 677. The summed E-state index contributed by atoms with van der Waals surface area (Å²) in [6.07, 6.45) is 1.33. The van der Waals surface area contributed by atoms with Gasteiger partial charge in [0, 0.05) is 41.6 Å². The molecule has 132 valence electrons. The van der Waals surface area contributed by atoms with Crippen molar-refractivity contribution in [1.82, 2.24) is 4.90 Å². The van der Waals surface area contributed by atoms with Crippen molar-refractivity contribution in [3.8, 4) is 0 Å². The van der Waals surface area contributed by atoms with Crippen LogP contribution in [0.2, 0.25) is 10.0 Å². The SMILES string of the molecule is CCOC1CC(N)(C(=O)N2CCc3cc(Cl)cc(Cl)c3C2)C1(C)C. The van der Waals surface area contributed by atoms with Gasteiger partial charge in [-0.2, -0.15) is 0 Å². The van der Waals surface area contributed by atoms with Crippen LogP contribution in [0.25, 0.3) is 0 Å². The quantitative estimate of drug-likeness (QED) is 0.886. The third-order valence-electron chi connectivity index (χ3n) is 5.75. The highest BCUT2D eigenvalue weighted by Crippen LogP contribution is 2.51. The van der Waals surface area contributed by atoms with Crippen LogP contribution in [-0.4, -0.2) is 35.6 Å². The molecule has 2 aliphatic rings. The zero-order chi connectivity index (χ0) is 17.7. The lowest BCUT2D eigenvalue weighted by atomic mass is 9.54. The van der Waals surface area contributed by atoms with Crippen molar-refractivity contribution in [2.75, 3.05) is 13.2 Å². The Morgan fingerprint density at radius 1 is 1.42 bits per heavy atom. The minimum atomic E-state index is -0.886. The van der Waals surface area contributed by atoms with E-state index in [1.54, 1.807) is 6.07 Å². The lowest BCUT2D eigenvalue weighted by Crippen LogP contribution is -2.76. The van der Waals surface area contributed by atoms with E-state index in [0.29, 0.717) is 36.2 Å². The van der Waals surface area contributed by atoms with Crippen LogP contribution in [0.3, 0.4) is 0 Å². The summed E-state index contributed by atoms with van der Waals surface area (Å²) in [5.74, 6) is -0.0138. The molecular formula is C18H24Cl2N2O2. The molecule has 2 unspecified atom stereocenters. The fourth-order valence-corrected chi connectivity index (χ4v) is 4.43. The zero-order valence-corrected chi connectivity index (χ0v) is 15.9. The molecule has 24 heavy (non-hydrogen) atoms. The van der Waals surface area contributed by atoms with Crippen molar-refractivity contribution < 1.29 is 9.53 Å². The molecule has 0 radical (unpaired) electrons. The molecule has 0 aromatic heterocycles. The molecule has 0 saturated heterocycles. The summed E-state index contributed by atoms with van der Waals surface area (Å²) in [6.45, 7) is 7.74. The molecule has 1 fully saturated rings. The second-order valence-electron chi connectivity index (χ2n) is 7.34. The number of nitrogens with two attached hydrogens (primary N) is 1. The fraction of sp³-hybridized carbons (Fsp3) is 0.611. The zero-order valence-electron chi connectivity index (χ0n) is 14.4. The van der Waals surface area contributed by atoms with Crippen LogP contribution in [0.4, 0.5) is 0 Å². The van der Waals surface area contributed by atoms with Crippen molar-refractivity contribution in [1.29, 1.82) is 0 Å². The number of halogens is 2. The number of rotatable bonds is 3. The van der Waals surface area contributed by atoms with Crippen LogP contribution in [0.5, 0.6) is 0 Å². The molecule has 1 amide bonds. The van der Waals surface area contributed by atoms with Gasteiger partial charge in [-0.1, -0.05) is 37.0 Å². The Labute approximate surface area is 153 Å². The molecule has 6 heteroatoms. The van der Waals surface area contributed by atoms with Crippen LogP contribution < -0.4 is 5.73 Å². The third kappa shape index (κ3) is 2.64. The Morgan fingerprint density at radius 2 is 2.12 bits per heavy atom. The molecule has 1 heterocycles. The summed E-state index contributed by atoms with van der Waals surface area (Å²) >= 11 is 12.4. The third-order valence-corrected chi connectivity index (χ3v) is 6.31. The van der Waals surface area contributed by atoms with Crippen molar-refractivity contribution in [2.24, 2.45) is 11.1 Å². The molecule has 1 aliphatic heterocycles. The van der Waals surface area contributed by atoms with Gasteiger partial charge in [-0.05, 0) is 36.6 Å². The number of nitrogens with zero attached hydrogens (tertiary/aromatic N) is 1. The number of carbonyl (C=O) groups is 1. The maximum atomic E-state index is 13.1. The van der Waals surface area contributed by atoms with E-state index < -0.39 is 5.54 Å². The molecule has 0 spiro atoms. The van der Waals surface area contributed by atoms with E-state index in [4.69, 9.17) is 33.7 Å². The first-order valence-electron chi connectivity index (χ1n) is 8.37. The minimum Gasteiger partial charge on any atom is -0.378 e. The number of benzene rings is 1. The largest absolute Gasteiger partial charge is 0.378 e. The highest BCUT2D eigenvalue weighted by Gasteiger charge is 2.63. The molecule has 4 nitrogen and oxygen atoms in total. The van der Waals surface area contributed by atoms with Gasteiger partial charge in [0.2, 0.25) is 5.91 Å². The van der Waals surface area contributed by atoms with Gasteiger partial charge in [0.25, 0.3) is 0 Å². The number of fused-ring (bicyclic) bond motifs is 1. The van der Waals surface area contributed by atoms with Crippen LogP contribution in [0.1, 0.15) is 38.3 Å². The van der Waals surface area contributed by atoms with Crippen molar-refractivity contribution >= 4 is 29.1 Å². The van der Waals surface area contributed by atoms with Gasteiger partial charge < -0.3 is 15.4 Å². The Kier molecular flexibility index (Phi) is 4.63. The standard InChI is InChI=1S/C18H24Cl2N2O2/c1-4-24-15-9-18(21,17(15,2)3)16(23)22-6-5-11-7-12(19)8-14(20)13(11)10-22/h7-8,15H,4-6,9-10,21H2,1-3H3. The molecule has 3 rings (SSSR count). The van der Waals surface area contributed by atoms with Crippen LogP contribution >= 0.6 is 23.2 Å². The summed E-state index contributed by atoms with van der Waals surface area (Å²) in [5, 5.41) is 1.25. The lowest BCUT2D eigenvalue weighted by molar-refractivity contribution is -0.180. The van der Waals surface area contributed by atoms with Crippen LogP contribution in [-0.2, 0) is 22.5 Å². The maximum absolute atomic E-state index is 13.1. The predicted molar refractivity (Wildman–Crippen MR) is 96.3 cm³/mol. The summed E-state index contributed by atoms with van der Waals surface area (Å²) in [6, 6.07) is 3.66. The predicted octanol–water partition coefficient (Wildman–Crippen LogP) is 3.41. The van der Waals surface area contributed by atoms with E-state index in [9.17, 15) is 4.79 Å². The number of hydrogen-bond donors (Lipinski definition) is 1. The van der Waals surface area contributed by atoms with Gasteiger partial charge in [-0.15, -0.1) is 0 Å². The number of hydrogen-bond acceptors (Lipinski definition) is 3. The van der Waals surface area contributed by atoms with Gasteiger partial charge in [-0.25, -0.2) is 0 Å². The lowest BCUT2D eigenvalue weighted by Gasteiger charge is -2.59. The van der Waals surface area contributed by atoms with E-state index >= 15 is 0 Å². The van der Waals surface area contributed by atoms with E-state index in [1.165, 1.54) is 0 Å². The van der Waals surface area contributed by atoms with Crippen LogP contribution in [0, 0.1) is 5.41 Å².